The Balaban J connectivity index is 1.14. The van der Waals surface area contributed by atoms with Crippen molar-refractivity contribution in [3.8, 4) is 0 Å². The molecule has 5 rings (SSSR count). The number of aliphatic carboxylic acids is 1. The third-order valence-electron chi connectivity index (χ3n) is 8.36. The summed E-state index contributed by atoms with van der Waals surface area (Å²) in [5.41, 5.74) is 1.20. The molecule has 1 aliphatic carbocycles. The van der Waals surface area contributed by atoms with Gasteiger partial charge in [0.25, 0.3) is 0 Å². The molecule has 1 aromatic heterocycles. The molecule has 0 aromatic carbocycles. The van der Waals surface area contributed by atoms with Crippen LogP contribution in [0.2, 0.25) is 0 Å². The number of anilines is 1. The van der Waals surface area contributed by atoms with Crippen molar-refractivity contribution in [3.63, 3.8) is 0 Å². The maximum atomic E-state index is 13.0. The summed E-state index contributed by atoms with van der Waals surface area (Å²) in [5.74, 6) is -0.434. The summed E-state index contributed by atoms with van der Waals surface area (Å²) >= 11 is 0. The van der Waals surface area contributed by atoms with E-state index >= 15 is 0 Å². The van der Waals surface area contributed by atoms with Gasteiger partial charge in [-0.05, 0) is 82.6 Å². The van der Waals surface area contributed by atoms with E-state index in [1.807, 2.05) is 12.4 Å². The molecule has 180 valence electrons. The molecule has 8 heteroatoms. The Morgan fingerprint density at radius 3 is 2.45 bits per heavy atom. The molecule has 1 saturated carbocycles. The van der Waals surface area contributed by atoms with Crippen molar-refractivity contribution in [1.82, 2.24) is 14.8 Å². The van der Waals surface area contributed by atoms with Crippen LogP contribution in [-0.2, 0) is 9.53 Å². The van der Waals surface area contributed by atoms with Crippen LogP contribution in [0.1, 0.15) is 51.4 Å². The first-order chi connectivity index (χ1) is 16.1. The highest BCUT2D eigenvalue weighted by Gasteiger charge is 2.50. The molecule has 4 heterocycles. The zero-order valence-electron chi connectivity index (χ0n) is 19.3. The van der Waals surface area contributed by atoms with Gasteiger partial charge < -0.3 is 19.6 Å². The Hall–Kier alpha value is -2.35. The van der Waals surface area contributed by atoms with Gasteiger partial charge in [-0.3, -0.25) is 14.7 Å². The lowest BCUT2D eigenvalue weighted by Crippen LogP contribution is -2.51. The molecule has 4 aliphatic rings. The van der Waals surface area contributed by atoms with E-state index in [0.29, 0.717) is 5.92 Å². The molecule has 3 atom stereocenters. The predicted octanol–water partition coefficient (Wildman–Crippen LogP) is 3.23. The number of carboxylic acids is 1. The molecule has 3 saturated heterocycles. The molecule has 0 radical (unpaired) electrons. The van der Waals surface area contributed by atoms with Crippen molar-refractivity contribution >= 4 is 17.7 Å². The molecule has 0 spiro atoms. The van der Waals surface area contributed by atoms with Gasteiger partial charge in [0.1, 0.15) is 6.10 Å². The van der Waals surface area contributed by atoms with Crippen molar-refractivity contribution < 1.29 is 19.4 Å². The zero-order valence-corrected chi connectivity index (χ0v) is 19.3. The molecule has 4 fully saturated rings. The van der Waals surface area contributed by atoms with Crippen LogP contribution >= 0.6 is 0 Å². The molecule has 1 aromatic rings. The first-order valence-electron chi connectivity index (χ1n) is 12.7. The normalized spacial score (nSPS) is 29.7. The van der Waals surface area contributed by atoms with Crippen LogP contribution in [0.15, 0.2) is 24.5 Å². The van der Waals surface area contributed by atoms with Crippen LogP contribution in [-0.4, -0.2) is 82.9 Å². The van der Waals surface area contributed by atoms with Crippen LogP contribution in [0.3, 0.4) is 0 Å². The van der Waals surface area contributed by atoms with Crippen LogP contribution in [0, 0.1) is 11.8 Å². The van der Waals surface area contributed by atoms with Crippen molar-refractivity contribution in [1.29, 1.82) is 0 Å². The number of hydrogen-bond acceptors (Lipinski definition) is 6. The van der Waals surface area contributed by atoms with Crippen molar-refractivity contribution in [2.75, 3.05) is 37.6 Å². The van der Waals surface area contributed by atoms with Gasteiger partial charge in [-0.25, -0.2) is 4.79 Å². The molecule has 33 heavy (non-hydrogen) atoms. The molecular formula is C25H36N4O4. The highest BCUT2D eigenvalue weighted by Crippen LogP contribution is 2.40. The van der Waals surface area contributed by atoms with E-state index in [4.69, 9.17) is 4.74 Å². The van der Waals surface area contributed by atoms with Crippen molar-refractivity contribution in [2.24, 2.45) is 11.8 Å². The van der Waals surface area contributed by atoms with E-state index in [-0.39, 0.29) is 30.2 Å². The summed E-state index contributed by atoms with van der Waals surface area (Å²) in [6.45, 7) is 4.60. The second kappa shape index (κ2) is 9.87. The molecule has 1 N–H and O–H groups in total. The number of ether oxygens (including phenoxy) is 1. The van der Waals surface area contributed by atoms with Gasteiger partial charge in [-0.1, -0.05) is 6.42 Å². The number of rotatable bonds is 6. The number of hydrogen-bond donors (Lipinski definition) is 1. The largest absolute Gasteiger partial charge is 0.481 e. The van der Waals surface area contributed by atoms with E-state index < -0.39 is 5.97 Å². The minimum absolute atomic E-state index is 0.0148. The first kappa shape index (κ1) is 22.4. The summed E-state index contributed by atoms with van der Waals surface area (Å²) in [4.78, 5) is 35.1. The number of likely N-dealkylation sites (tertiary alicyclic amines) is 1. The van der Waals surface area contributed by atoms with Gasteiger partial charge >= 0.3 is 12.1 Å². The van der Waals surface area contributed by atoms with E-state index in [2.05, 4.69) is 31.8 Å². The number of nitrogens with zero attached hydrogens (tertiary/aromatic N) is 4. The lowest BCUT2D eigenvalue weighted by molar-refractivity contribution is -0.143. The highest BCUT2D eigenvalue weighted by atomic mass is 16.6. The third kappa shape index (κ3) is 4.81. The highest BCUT2D eigenvalue weighted by molar-refractivity contribution is 5.71. The van der Waals surface area contributed by atoms with E-state index in [0.717, 1.165) is 84.1 Å². The number of carboxylic acid groups (broad SMARTS) is 1. The quantitative estimate of drug-likeness (QED) is 0.703. The monoisotopic (exact) mass is 456 g/mol. The average Bonchev–Trinajstić information content (AvgIpc) is 3.20. The maximum absolute atomic E-state index is 13.0. The van der Waals surface area contributed by atoms with E-state index in [1.165, 1.54) is 5.69 Å². The van der Waals surface area contributed by atoms with Crippen LogP contribution in [0.5, 0.6) is 0 Å². The lowest BCUT2D eigenvalue weighted by atomic mass is 9.80. The number of fused-ring (bicyclic) bond motifs is 1. The van der Waals surface area contributed by atoms with Crippen LogP contribution in [0.25, 0.3) is 0 Å². The fourth-order valence-electron chi connectivity index (χ4n) is 6.45. The molecule has 8 nitrogen and oxygen atoms in total. The number of pyridine rings is 1. The summed E-state index contributed by atoms with van der Waals surface area (Å²) in [6, 6.07) is 4.58. The molecular weight excluding hydrogens is 420 g/mol. The second-order valence-corrected chi connectivity index (χ2v) is 10.2. The lowest BCUT2D eigenvalue weighted by Gasteiger charge is -2.41. The van der Waals surface area contributed by atoms with E-state index in [9.17, 15) is 14.7 Å². The first-order valence-corrected chi connectivity index (χ1v) is 12.7. The minimum atomic E-state index is -0.658. The maximum Gasteiger partial charge on any atom is 0.410 e. The second-order valence-electron chi connectivity index (χ2n) is 10.2. The summed E-state index contributed by atoms with van der Waals surface area (Å²) < 4.78 is 6.01. The van der Waals surface area contributed by atoms with Gasteiger partial charge in [0.15, 0.2) is 0 Å². The summed E-state index contributed by atoms with van der Waals surface area (Å²) in [5, 5.41) is 9.21. The van der Waals surface area contributed by atoms with Gasteiger partial charge in [0, 0.05) is 37.2 Å². The van der Waals surface area contributed by atoms with Gasteiger partial charge in [0.2, 0.25) is 0 Å². The minimum Gasteiger partial charge on any atom is -0.481 e. The van der Waals surface area contributed by atoms with Gasteiger partial charge in [-0.2, -0.15) is 0 Å². The Morgan fingerprint density at radius 1 is 1.03 bits per heavy atom. The number of aromatic nitrogens is 1. The Bertz CT molecular complexity index is 821. The molecule has 1 amide bonds. The third-order valence-corrected chi connectivity index (χ3v) is 8.36. The predicted molar refractivity (Wildman–Crippen MR) is 124 cm³/mol. The van der Waals surface area contributed by atoms with Gasteiger partial charge in [-0.15, -0.1) is 0 Å². The van der Waals surface area contributed by atoms with Gasteiger partial charge in [0.05, 0.1) is 12.0 Å². The average molecular weight is 457 g/mol. The zero-order chi connectivity index (χ0) is 22.8. The SMILES string of the molecule is O=C(O)C1CCN(CCC2CCCC3C2OC(=O)N3C2CCN(c3ccncc3)CC2)CC1. The van der Waals surface area contributed by atoms with Crippen molar-refractivity contribution in [2.45, 2.75) is 69.6 Å². The van der Waals surface area contributed by atoms with Crippen LogP contribution < -0.4 is 4.90 Å². The smallest absolute Gasteiger partial charge is 0.410 e. The number of amides is 1. The Labute approximate surface area is 195 Å². The fourth-order valence-corrected chi connectivity index (χ4v) is 6.45. The Kier molecular flexibility index (Phi) is 6.71. The summed E-state index contributed by atoms with van der Waals surface area (Å²) in [6.07, 6.45) is 11.4. The van der Waals surface area contributed by atoms with E-state index in [1.54, 1.807) is 0 Å². The molecule has 3 unspecified atom stereocenters. The standard InChI is InChI=1S/C25H36N4O4/c30-24(31)19-7-14-27(15-8-19)13-6-18-2-1-3-22-23(18)33-25(32)29(22)21-9-16-28(17-10-21)20-4-11-26-12-5-20/h4-5,11-12,18-19,21-23H,1-3,6-10,13-17H2,(H,30,31). The summed E-state index contributed by atoms with van der Waals surface area (Å²) in [7, 11) is 0. The molecule has 3 aliphatic heterocycles. The fraction of sp³-hybridized carbons (Fsp3) is 0.720. The topological polar surface area (TPSA) is 86.2 Å². The molecule has 0 bridgehead atoms. The number of piperidine rings is 2. The van der Waals surface area contributed by atoms with Crippen molar-refractivity contribution in [3.05, 3.63) is 24.5 Å². The van der Waals surface area contributed by atoms with Crippen LogP contribution in [0.4, 0.5) is 10.5 Å². The number of carbonyl (C=O) groups excluding carboxylic acids is 1. The number of carbonyl (C=O) groups is 2. The Morgan fingerprint density at radius 2 is 1.76 bits per heavy atom.